The van der Waals surface area contributed by atoms with Crippen molar-refractivity contribution < 1.29 is 5.11 Å². The summed E-state index contributed by atoms with van der Waals surface area (Å²) in [5, 5.41) is 17.1. The lowest BCUT2D eigenvalue weighted by atomic mass is 10.1. The smallest absolute Gasteiger partial charge is 0.0587 e. The first-order valence-electron chi connectivity index (χ1n) is 6.27. The molecule has 0 radical (unpaired) electrons. The van der Waals surface area contributed by atoms with E-state index in [-0.39, 0.29) is 12.6 Å². The lowest BCUT2D eigenvalue weighted by Gasteiger charge is -2.16. The van der Waals surface area contributed by atoms with Gasteiger partial charge in [0.15, 0.2) is 0 Å². The summed E-state index contributed by atoms with van der Waals surface area (Å²) in [5.41, 5.74) is 2.63. The Morgan fingerprint density at radius 2 is 1.94 bits per heavy atom. The molecule has 0 saturated heterocycles. The zero-order chi connectivity index (χ0) is 12.6. The molecule has 1 aromatic heterocycles. The Labute approximate surface area is 112 Å². The SMILES string of the molecule is OCC(Cc1ccccc1)NCCc1ccsc1. The molecular weight excluding hydrogens is 242 g/mol. The van der Waals surface area contributed by atoms with Crippen LogP contribution in [0.25, 0.3) is 0 Å². The number of rotatable bonds is 7. The summed E-state index contributed by atoms with van der Waals surface area (Å²) < 4.78 is 0. The van der Waals surface area contributed by atoms with Crippen LogP contribution in [-0.2, 0) is 12.8 Å². The van der Waals surface area contributed by atoms with Crippen LogP contribution >= 0.6 is 11.3 Å². The van der Waals surface area contributed by atoms with Crippen molar-refractivity contribution in [2.75, 3.05) is 13.2 Å². The van der Waals surface area contributed by atoms with Crippen LogP contribution in [0.1, 0.15) is 11.1 Å². The molecule has 3 heteroatoms. The number of aliphatic hydroxyl groups excluding tert-OH is 1. The summed E-state index contributed by atoms with van der Waals surface area (Å²) >= 11 is 1.73. The van der Waals surface area contributed by atoms with Crippen molar-refractivity contribution in [3.8, 4) is 0 Å². The lowest BCUT2D eigenvalue weighted by Crippen LogP contribution is -2.35. The Balaban J connectivity index is 1.75. The predicted molar refractivity (Wildman–Crippen MR) is 77.0 cm³/mol. The van der Waals surface area contributed by atoms with Crippen molar-refractivity contribution in [2.45, 2.75) is 18.9 Å². The molecule has 96 valence electrons. The van der Waals surface area contributed by atoms with Gasteiger partial charge in [0.1, 0.15) is 0 Å². The third-order valence-corrected chi connectivity index (χ3v) is 3.70. The van der Waals surface area contributed by atoms with E-state index in [0.717, 1.165) is 19.4 Å². The van der Waals surface area contributed by atoms with Crippen LogP contribution in [-0.4, -0.2) is 24.3 Å². The van der Waals surface area contributed by atoms with E-state index >= 15 is 0 Å². The van der Waals surface area contributed by atoms with E-state index < -0.39 is 0 Å². The number of benzene rings is 1. The molecule has 2 nitrogen and oxygen atoms in total. The Bertz CT molecular complexity index is 427. The molecule has 0 bridgehead atoms. The van der Waals surface area contributed by atoms with Gasteiger partial charge in [0, 0.05) is 6.04 Å². The van der Waals surface area contributed by atoms with E-state index in [0.29, 0.717) is 0 Å². The summed E-state index contributed by atoms with van der Waals surface area (Å²) in [5.74, 6) is 0. The maximum atomic E-state index is 9.38. The van der Waals surface area contributed by atoms with Gasteiger partial charge in [0.2, 0.25) is 0 Å². The highest BCUT2D eigenvalue weighted by Gasteiger charge is 2.07. The van der Waals surface area contributed by atoms with E-state index in [9.17, 15) is 5.11 Å². The summed E-state index contributed by atoms with van der Waals surface area (Å²) in [6.45, 7) is 1.09. The van der Waals surface area contributed by atoms with Gasteiger partial charge in [0.05, 0.1) is 6.61 Å². The van der Waals surface area contributed by atoms with Gasteiger partial charge in [-0.05, 0) is 47.3 Å². The maximum absolute atomic E-state index is 9.38. The highest BCUT2D eigenvalue weighted by molar-refractivity contribution is 7.07. The molecule has 0 fully saturated rings. The minimum absolute atomic E-state index is 0.144. The molecule has 1 aromatic carbocycles. The Morgan fingerprint density at radius 3 is 2.61 bits per heavy atom. The van der Waals surface area contributed by atoms with Crippen molar-refractivity contribution in [2.24, 2.45) is 0 Å². The minimum Gasteiger partial charge on any atom is -0.395 e. The second kappa shape index (κ2) is 7.31. The molecule has 0 amide bonds. The third-order valence-electron chi connectivity index (χ3n) is 2.97. The van der Waals surface area contributed by atoms with Gasteiger partial charge in [0.25, 0.3) is 0 Å². The van der Waals surface area contributed by atoms with Crippen LogP contribution < -0.4 is 5.32 Å². The molecule has 18 heavy (non-hydrogen) atoms. The molecule has 1 heterocycles. The molecular formula is C15H19NOS. The van der Waals surface area contributed by atoms with Gasteiger partial charge in [-0.3, -0.25) is 0 Å². The fraction of sp³-hybridized carbons (Fsp3) is 0.333. The molecule has 0 saturated carbocycles. The summed E-state index contributed by atoms with van der Waals surface area (Å²) in [6.07, 6.45) is 1.90. The Morgan fingerprint density at radius 1 is 1.11 bits per heavy atom. The summed E-state index contributed by atoms with van der Waals surface area (Å²) in [7, 11) is 0. The number of aliphatic hydroxyl groups is 1. The fourth-order valence-corrected chi connectivity index (χ4v) is 2.66. The molecule has 0 aliphatic heterocycles. The molecule has 0 aliphatic rings. The minimum atomic E-state index is 0.144. The molecule has 2 rings (SSSR count). The van der Waals surface area contributed by atoms with E-state index in [2.05, 4.69) is 34.3 Å². The molecule has 0 aliphatic carbocycles. The Kier molecular flexibility index (Phi) is 5.39. The van der Waals surface area contributed by atoms with Crippen LogP contribution in [0, 0.1) is 0 Å². The van der Waals surface area contributed by atoms with Crippen molar-refractivity contribution >= 4 is 11.3 Å². The monoisotopic (exact) mass is 261 g/mol. The van der Waals surface area contributed by atoms with Crippen LogP contribution in [0.5, 0.6) is 0 Å². The van der Waals surface area contributed by atoms with Gasteiger partial charge in [-0.1, -0.05) is 30.3 Å². The normalized spacial score (nSPS) is 12.5. The molecule has 2 aromatic rings. The van der Waals surface area contributed by atoms with Gasteiger partial charge in [-0.2, -0.15) is 11.3 Å². The van der Waals surface area contributed by atoms with Crippen LogP contribution in [0.15, 0.2) is 47.2 Å². The first-order chi connectivity index (χ1) is 8.88. The van der Waals surface area contributed by atoms with Crippen LogP contribution in [0.2, 0.25) is 0 Å². The van der Waals surface area contributed by atoms with Gasteiger partial charge >= 0.3 is 0 Å². The molecule has 2 N–H and O–H groups in total. The lowest BCUT2D eigenvalue weighted by molar-refractivity contribution is 0.242. The number of hydrogen-bond acceptors (Lipinski definition) is 3. The average molecular weight is 261 g/mol. The largest absolute Gasteiger partial charge is 0.395 e. The standard InChI is InChI=1S/C15H19NOS/c17-11-15(10-13-4-2-1-3-5-13)16-8-6-14-7-9-18-12-14/h1-5,7,9,12,15-17H,6,8,10-11H2. The van der Waals surface area contributed by atoms with E-state index in [1.165, 1.54) is 11.1 Å². The van der Waals surface area contributed by atoms with Crippen LogP contribution in [0.4, 0.5) is 0 Å². The van der Waals surface area contributed by atoms with Crippen molar-refractivity contribution in [1.29, 1.82) is 0 Å². The average Bonchev–Trinajstić information content (AvgIpc) is 2.92. The van der Waals surface area contributed by atoms with Crippen molar-refractivity contribution in [3.05, 3.63) is 58.3 Å². The number of nitrogens with one attached hydrogen (secondary N) is 1. The fourth-order valence-electron chi connectivity index (χ4n) is 1.96. The Hall–Kier alpha value is -1.16. The molecule has 0 spiro atoms. The van der Waals surface area contributed by atoms with Crippen LogP contribution in [0.3, 0.4) is 0 Å². The molecule has 1 atom stereocenters. The van der Waals surface area contributed by atoms with Crippen molar-refractivity contribution in [3.63, 3.8) is 0 Å². The predicted octanol–water partition coefficient (Wildman–Crippen LogP) is 2.48. The maximum Gasteiger partial charge on any atom is 0.0587 e. The van der Waals surface area contributed by atoms with E-state index in [1.54, 1.807) is 11.3 Å². The molecule has 1 unspecified atom stereocenters. The quantitative estimate of drug-likeness (QED) is 0.802. The second-order valence-corrected chi connectivity index (χ2v) is 5.18. The van der Waals surface area contributed by atoms with Gasteiger partial charge in [-0.15, -0.1) is 0 Å². The van der Waals surface area contributed by atoms with Crippen molar-refractivity contribution in [1.82, 2.24) is 5.32 Å². The highest BCUT2D eigenvalue weighted by Crippen LogP contribution is 2.06. The van der Waals surface area contributed by atoms with E-state index in [1.807, 2.05) is 18.2 Å². The second-order valence-electron chi connectivity index (χ2n) is 4.40. The first-order valence-corrected chi connectivity index (χ1v) is 7.22. The van der Waals surface area contributed by atoms with E-state index in [4.69, 9.17) is 0 Å². The van der Waals surface area contributed by atoms with Gasteiger partial charge in [-0.25, -0.2) is 0 Å². The third kappa shape index (κ3) is 4.26. The zero-order valence-corrected chi connectivity index (χ0v) is 11.2. The highest BCUT2D eigenvalue weighted by atomic mass is 32.1. The van der Waals surface area contributed by atoms with Gasteiger partial charge < -0.3 is 10.4 Å². The summed E-state index contributed by atoms with van der Waals surface area (Å²) in [4.78, 5) is 0. The zero-order valence-electron chi connectivity index (χ0n) is 10.4. The number of hydrogen-bond donors (Lipinski definition) is 2. The summed E-state index contributed by atoms with van der Waals surface area (Å²) in [6, 6.07) is 12.6. The first kappa shape index (κ1) is 13.3. The number of thiophene rings is 1. The topological polar surface area (TPSA) is 32.3 Å².